The standard InChI is InChI=1S/C17H18O3/c1-11(18)13-7-3-5-9-15(13)17(20)16-10-6-4-8-14(16)12(2)19/h3-12,18-19H,1-2H3. The largest absolute Gasteiger partial charge is 0.389 e. The molecule has 0 fully saturated rings. The van der Waals surface area contributed by atoms with Gasteiger partial charge in [0.1, 0.15) is 0 Å². The van der Waals surface area contributed by atoms with E-state index >= 15 is 0 Å². The molecule has 0 radical (unpaired) electrons. The quantitative estimate of drug-likeness (QED) is 0.840. The Balaban J connectivity index is 2.53. The van der Waals surface area contributed by atoms with Crippen LogP contribution in [0.3, 0.4) is 0 Å². The predicted molar refractivity (Wildman–Crippen MR) is 77.6 cm³/mol. The first kappa shape index (κ1) is 14.4. The number of aliphatic hydroxyl groups excluding tert-OH is 2. The smallest absolute Gasteiger partial charge is 0.193 e. The highest BCUT2D eigenvalue weighted by atomic mass is 16.3. The van der Waals surface area contributed by atoms with Crippen molar-refractivity contribution in [3.8, 4) is 0 Å². The van der Waals surface area contributed by atoms with Crippen molar-refractivity contribution in [3.63, 3.8) is 0 Å². The molecule has 0 saturated heterocycles. The summed E-state index contributed by atoms with van der Waals surface area (Å²) in [5.41, 5.74) is 2.13. The van der Waals surface area contributed by atoms with E-state index in [4.69, 9.17) is 0 Å². The zero-order valence-corrected chi connectivity index (χ0v) is 11.6. The lowest BCUT2D eigenvalue weighted by Gasteiger charge is -2.14. The molecule has 3 nitrogen and oxygen atoms in total. The molecule has 0 aliphatic carbocycles. The van der Waals surface area contributed by atoms with Gasteiger partial charge in [0.25, 0.3) is 0 Å². The Bertz CT molecular complexity index is 562. The van der Waals surface area contributed by atoms with Crippen LogP contribution in [-0.2, 0) is 0 Å². The second-order valence-corrected chi connectivity index (χ2v) is 4.86. The summed E-state index contributed by atoms with van der Waals surface area (Å²) in [5.74, 6) is -0.182. The van der Waals surface area contributed by atoms with Gasteiger partial charge in [-0.1, -0.05) is 48.5 Å². The maximum absolute atomic E-state index is 12.7. The minimum Gasteiger partial charge on any atom is -0.389 e. The maximum atomic E-state index is 12.7. The van der Waals surface area contributed by atoms with Crippen LogP contribution in [0, 0.1) is 0 Å². The normalized spacial score (nSPS) is 13.8. The van der Waals surface area contributed by atoms with Gasteiger partial charge in [0, 0.05) is 11.1 Å². The Morgan fingerprint density at radius 1 is 0.800 bits per heavy atom. The van der Waals surface area contributed by atoms with E-state index in [-0.39, 0.29) is 5.78 Å². The van der Waals surface area contributed by atoms with Gasteiger partial charge in [-0.05, 0) is 25.0 Å². The van der Waals surface area contributed by atoms with Gasteiger partial charge in [0.05, 0.1) is 12.2 Å². The Morgan fingerprint density at radius 2 is 1.15 bits per heavy atom. The first-order chi connectivity index (χ1) is 9.52. The molecule has 2 N–H and O–H groups in total. The van der Waals surface area contributed by atoms with E-state index in [9.17, 15) is 15.0 Å². The van der Waals surface area contributed by atoms with E-state index in [0.717, 1.165) is 0 Å². The molecular formula is C17H18O3. The molecular weight excluding hydrogens is 252 g/mol. The highest BCUT2D eigenvalue weighted by Crippen LogP contribution is 2.24. The molecule has 2 aromatic carbocycles. The Labute approximate surface area is 118 Å². The number of rotatable bonds is 4. The first-order valence-electron chi connectivity index (χ1n) is 6.61. The molecule has 2 unspecified atom stereocenters. The van der Waals surface area contributed by atoms with Crippen molar-refractivity contribution in [1.82, 2.24) is 0 Å². The van der Waals surface area contributed by atoms with Crippen LogP contribution in [0.15, 0.2) is 48.5 Å². The zero-order valence-electron chi connectivity index (χ0n) is 11.6. The van der Waals surface area contributed by atoms with Crippen molar-refractivity contribution in [2.24, 2.45) is 0 Å². The van der Waals surface area contributed by atoms with Crippen molar-refractivity contribution in [2.45, 2.75) is 26.1 Å². The minimum atomic E-state index is -0.714. The van der Waals surface area contributed by atoms with Crippen molar-refractivity contribution in [1.29, 1.82) is 0 Å². The molecule has 104 valence electrons. The molecule has 3 heteroatoms. The maximum Gasteiger partial charge on any atom is 0.193 e. The Morgan fingerprint density at radius 3 is 1.50 bits per heavy atom. The Hall–Kier alpha value is -1.97. The van der Waals surface area contributed by atoms with Gasteiger partial charge in [-0.15, -0.1) is 0 Å². The third-order valence-corrected chi connectivity index (χ3v) is 3.31. The number of benzene rings is 2. The van der Waals surface area contributed by atoms with Crippen LogP contribution >= 0.6 is 0 Å². The van der Waals surface area contributed by atoms with Crippen LogP contribution in [0.1, 0.15) is 53.1 Å². The van der Waals surface area contributed by atoms with Crippen molar-refractivity contribution < 1.29 is 15.0 Å². The summed E-state index contributed by atoms with van der Waals surface area (Å²) in [7, 11) is 0. The molecule has 0 aromatic heterocycles. The minimum absolute atomic E-state index is 0.182. The van der Waals surface area contributed by atoms with Gasteiger partial charge < -0.3 is 10.2 Å². The SMILES string of the molecule is CC(O)c1ccccc1C(=O)c1ccccc1C(C)O. The van der Waals surface area contributed by atoms with Gasteiger partial charge in [0.15, 0.2) is 5.78 Å². The van der Waals surface area contributed by atoms with Gasteiger partial charge >= 0.3 is 0 Å². The van der Waals surface area contributed by atoms with Crippen LogP contribution in [0.25, 0.3) is 0 Å². The highest BCUT2D eigenvalue weighted by Gasteiger charge is 2.19. The van der Waals surface area contributed by atoms with Crippen LogP contribution < -0.4 is 0 Å². The lowest BCUT2D eigenvalue weighted by molar-refractivity contribution is 0.102. The fraction of sp³-hybridized carbons (Fsp3) is 0.235. The zero-order chi connectivity index (χ0) is 14.7. The van der Waals surface area contributed by atoms with Crippen molar-refractivity contribution in [3.05, 3.63) is 70.8 Å². The summed E-state index contributed by atoms with van der Waals surface area (Å²) in [5, 5.41) is 19.6. The molecule has 2 aromatic rings. The third kappa shape index (κ3) is 2.79. The molecule has 2 atom stereocenters. The summed E-state index contributed by atoms with van der Waals surface area (Å²) in [4.78, 5) is 12.7. The van der Waals surface area contributed by atoms with E-state index in [1.165, 1.54) is 0 Å². The van der Waals surface area contributed by atoms with Crippen molar-refractivity contribution in [2.75, 3.05) is 0 Å². The second kappa shape index (κ2) is 5.99. The lowest BCUT2D eigenvalue weighted by atomic mass is 9.92. The number of carbonyl (C=O) groups is 1. The summed E-state index contributed by atoms with van der Waals surface area (Å²) < 4.78 is 0. The highest BCUT2D eigenvalue weighted by molar-refractivity contribution is 6.11. The molecule has 0 bridgehead atoms. The summed E-state index contributed by atoms with van der Waals surface area (Å²) in [6, 6.07) is 14.0. The van der Waals surface area contributed by atoms with E-state index in [2.05, 4.69) is 0 Å². The van der Waals surface area contributed by atoms with Crippen LogP contribution in [0.4, 0.5) is 0 Å². The molecule has 20 heavy (non-hydrogen) atoms. The van der Waals surface area contributed by atoms with Crippen LogP contribution in [0.2, 0.25) is 0 Å². The average Bonchev–Trinajstić information content (AvgIpc) is 2.46. The van der Waals surface area contributed by atoms with Crippen molar-refractivity contribution >= 4 is 5.78 Å². The molecule has 0 spiro atoms. The van der Waals surface area contributed by atoms with E-state index in [0.29, 0.717) is 22.3 Å². The predicted octanol–water partition coefficient (Wildman–Crippen LogP) is 3.02. The average molecular weight is 270 g/mol. The Kier molecular flexibility index (Phi) is 4.32. The number of carbonyl (C=O) groups excluding carboxylic acids is 1. The topological polar surface area (TPSA) is 57.5 Å². The molecule has 0 heterocycles. The van der Waals surface area contributed by atoms with Crippen LogP contribution in [0.5, 0.6) is 0 Å². The van der Waals surface area contributed by atoms with E-state index in [1.807, 2.05) is 0 Å². The summed E-state index contributed by atoms with van der Waals surface area (Å²) in [6.45, 7) is 3.26. The molecule has 0 saturated carbocycles. The summed E-state index contributed by atoms with van der Waals surface area (Å²) in [6.07, 6.45) is -1.43. The van der Waals surface area contributed by atoms with E-state index in [1.54, 1.807) is 62.4 Å². The van der Waals surface area contributed by atoms with Gasteiger partial charge in [-0.3, -0.25) is 4.79 Å². The fourth-order valence-corrected chi connectivity index (χ4v) is 2.28. The second-order valence-electron chi connectivity index (χ2n) is 4.86. The van der Waals surface area contributed by atoms with Gasteiger partial charge in [-0.2, -0.15) is 0 Å². The van der Waals surface area contributed by atoms with Gasteiger partial charge in [-0.25, -0.2) is 0 Å². The molecule has 2 rings (SSSR count). The number of aliphatic hydroxyl groups is 2. The monoisotopic (exact) mass is 270 g/mol. The number of hydrogen-bond donors (Lipinski definition) is 2. The fourth-order valence-electron chi connectivity index (χ4n) is 2.28. The molecule has 0 aliphatic rings. The van der Waals surface area contributed by atoms with E-state index < -0.39 is 12.2 Å². The third-order valence-electron chi connectivity index (χ3n) is 3.31. The first-order valence-corrected chi connectivity index (χ1v) is 6.61. The van der Waals surface area contributed by atoms with Gasteiger partial charge in [0.2, 0.25) is 0 Å². The molecule has 0 aliphatic heterocycles. The molecule has 0 amide bonds. The lowest BCUT2D eigenvalue weighted by Crippen LogP contribution is -2.11. The van der Waals surface area contributed by atoms with Crippen LogP contribution in [-0.4, -0.2) is 16.0 Å². The summed E-state index contributed by atoms with van der Waals surface area (Å²) >= 11 is 0. The number of ketones is 1. The number of hydrogen-bond acceptors (Lipinski definition) is 3.